The summed E-state index contributed by atoms with van der Waals surface area (Å²) in [7, 11) is 3.13. The Bertz CT molecular complexity index is 1240. The third kappa shape index (κ3) is 7.06. The molecule has 1 heterocycles. The maximum Gasteiger partial charge on any atom is 0.247 e. The van der Waals surface area contributed by atoms with Gasteiger partial charge >= 0.3 is 0 Å². The van der Waals surface area contributed by atoms with Crippen LogP contribution in [0.1, 0.15) is 57.1 Å². The molecule has 1 aliphatic carbocycles. The molecule has 0 radical (unpaired) electrons. The summed E-state index contributed by atoms with van der Waals surface area (Å²) in [5.74, 6) is 0.594. The number of nitrogens with one attached hydrogen (secondary N) is 1. The predicted molar refractivity (Wildman–Crippen MR) is 148 cm³/mol. The van der Waals surface area contributed by atoms with Crippen LogP contribution in [0.15, 0.2) is 42.5 Å². The average Bonchev–Trinajstić information content (AvgIpc) is 3.37. The van der Waals surface area contributed by atoms with Gasteiger partial charge in [-0.2, -0.15) is 0 Å². The molecular weight excluding hydrogens is 498 g/mol. The number of aromatic nitrogens is 3. The van der Waals surface area contributed by atoms with E-state index in [0.29, 0.717) is 48.8 Å². The Morgan fingerprint density at radius 2 is 1.90 bits per heavy atom. The Morgan fingerprint density at radius 1 is 1.10 bits per heavy atom. The first-order valence-electron chi connectivity index (χ1n) is 13.7. The van der Waals surface area contributed by atoms with Crippen molar-refractivity contribution in [2.24, 2.45) is 0 Å². The molecule has 4 rings (SSSR count). The largest absolute Gasteiger partial charge is 0.497 e. The minimum Gasteiger partial charge on any atom is -0.497 e. The van der Waals surface area contributed by atoms with E-state index in [1.807, 2.05) is 31.2 Å². The third-order valence-electron chi connectivity index (χ3n) is 7.16. The highest BCUT2D eigenvalue weighted by molar-refractivity contribution is 5.90. The number of hydrogen-bond acceptors (Lipinski definition) is 7. The van der Waals surface area contributed by atoms with Crippen molar-refractivity contribution >= 4 is 22.8 Å². The summed E-state index contributed by atoms with van der Waals surface area (Å²) in [4.78, 5) is 29.7. The number of hydrogen-bond donors (Lipinski definition) is 1. The monoisotopic (exact) mass is 537 g/mol. The van der Waals surface area contributed by atoms with Crippen LogP contribution in [0.2, 0.25) is 0 Å². The van der Waals surface area contributed by atoms with Crippen LogP contribution in [0.25, 0.3) is 11.0 Å². The normalized spacial score (nSPS) is 14.6. The standard InChI is InChI=1S/C29H39N5O5/c1-4-39-18-10-17-33(27(35)20-34-25-14-9-8-13-24(25)31-32-34)28(29(36)30-21-11-6-5-7-12-21)23-19-22(37-2)15-16-26(23)38-3/h8-9,13-16,19,21,28H,4-7,10-12,17-18,20H2,1-3H3,(H,30,36)/t28-/m0/s1. The fourth-order valence-corrected chi connectivity index (χ4v) is 5.16. The van der Waals surface area contributed by atoms with E-state index < -0.39 is 6.04 Å². The van der Waals surface area contributed by atoms with Crippen molar-refractivity contribution in [2.45, 2.75) is 64.1 Å². The molecule has 2 aromatic carbocycles. The van der Waals surface area contributed by atoms with Crippen molar-refractivity contribution in [3.63, 3.8) is 0 Å². The van der Waals surface area contributed by atoms with E-state index in [9.17, 15) is 9.59 Å². The van der Waals surface area contributed by atoms with Crippen molar-refractivity contribution in [3.05, 3.63) is 48.0 Å². The molecule has 10 heteroatoms. The topological polar surface area (TPSA) is 108 Å². The lowest BCUT2D eigenvalue weighted by atomic mass is 9.94. The first-order chi connectivity index (χ1) is 19.0. The van der Waals surface area contributed by atoms with Gasteiger partial charge < -0.3 is 24.4 Å². The quantitative estimate of drug-likeness (QED) is 0.330. The Morgan fingerprint density at radius 3 is 2.64 bits per heavy atom. The van der Waals surface area contributed by atoms with Crippen LogP contribution in [-0.2, 0) is 20.9 Å². The van der Waals surface area contributed by atoms with Gasteiger partial charge in [0.05, 0.1) is 19.7 Å². The number of fused-ring (bicyclic) bond motifs is 1. The van der Waals surface area contributed by atoms with E-state index in [0.717, 1.165) is 31.2 Å². The Balaban J connectivity index is 1.72. The number of para-hydroxylation sites is 1. The predicted octanol–water partition coefficient (Wildman–Crippen LogP) is 3.89. The lowest BCUT2D eigenvalue weighted by Gasteiger charge is -2.34. The van der Waals surface area contributed by atoms with E-state index in [1.54, 1.807) is 42.0 Å². The molecule has 3 aromatic rings. The van der Waals surface area contributed by atoms with Gasteiger partial charge in [0.2, 0.25) is 11.8 Å². The highest BCUT2D eigenvalue weighted by Gasteiger charge is 2.35. The van der Waals surface area contributed by atoms with E-state index in [1.165, 1.54) is 6.42 Å². The molecule has 10 nitrogen and oxygen atoms in total. The van der Waals surface area contributed by atoms with Crippen molar-refractivity contribution in [1.82, 2.24) is 25.2 Å². The van der Waals surface area contributed by atoms with Crippen LogP contribution in [0.4, 0.5) is 0 Å². The van der Waals surface area contributed by atoms with Gasteiger partial charge in [0, 0.05) is 31.4 Å². The molecule has 2 amide bonds. The van der Waals surface area contributed by atoms with Crippen molar-refractivity contribution in [3.8, 4) is 11.5 Å². The summed E-state index contributed by atoms with van der Waals surface area (Å²) < 4.78 is 18.3. The molecule has 1 atom stereocenters. The molecule has 0 unspecified atom stereocenters. The second-order valence-electron chi connectivity index (χ2n) is 9.73. The van der Waals surface area contributed by atoms with E-state index in [2.05, 4.69) is 15.6 Å². The van der Waals surface area contributed by atoms with Gasteiger partial charge in [-0.15, -0.1) is 5.10 Å². The molecule has 1 saturated carbocycles. The zero-order valence-corrected chi connectivity index (χ0v) is 23.1. The Hall–Kier alpha value is -3.66. The number of carbonyl (C=O) groups is 2. The smallest absolute Gasteiger partial charge is 0.247 e. The van der Waals surface area contributed by atoms with Crippen LogP contribution in [0.3, 0.4) is 0 Å². The molecule has 210 valence electrons. The maximum atomic E-state index is 14.1. The molecule has 0 bridgehead atoms. The second-order valence-corrected chi connectivity index (χ2v) is 9.73. The van der Waals surface area contributed by atoms with Crippen LogP contribution < -0.4 is 14.8 Å². The second kappa shape index (κ2) is 13.9. The fraction of sp³-hybridized carbons (Fsp3) is 0.517. The van der Waals surface area contributed by atoms with Crippen LogP contribution in [-0.4, -0.2) is 71.7 Å². The highest BCUT2D eigenvalue weighted by Crippen LogP contribution is 2.34. The molecule has 39 heavy (non-hydrogen) atoms. The zero-order chi connectivity index (χ0) is 27.6. The van der Waals surface area contributed by atoms with Crippen LogP contribution in [0.5, 0.6) is 11.5 Å². The first kappa shape index (κ1) is 28.4. The summed E-state index contributed by atoms with van der Waals surface area (Å²) in [6.45, 7) is 3.23. The molecule has 0 spiro atoms. The summed E-state index contributed by atoms with van der Waals surface area (Å²) in [6.07, 6.45) is 5.75. The fourth-order valence-electron chi connectivity index (χ4n) is 5.16. The summed E-state index contributed by atoms with van der Waals surface area (Å²) in [5.41, 5.74) is 2.02. The van der Waals surface area contributed by atoms with Gasteiger partial charge in [-0.05, 0) is 56.5 Å². The van der Waals surface area contributed by atoms with Gasteiger partial charge in [0.25, 0.3) is 0 Å². The minimum absolute atomic E-state index is 0.0609. The number of methoxy groups -OCH3 is 2. The summed E-state index contributed by atoms with van der Waals surface area (Å²) in [6, 6.07) is 12.0. The molecule has 0 aliphatic heterocycles. The first-order valence-corrected chi connectivity index (χ1v) is 13.7. The van der Waals surface area contributed by atoms with Crippen molar-refractivity contribution in [2.75, 3.05) is 34.0 Å². The molecule has 1 N–H and O–H groups in total. The molecule has 1 aliphatic rings. The Labute approximate surface area is 229 Å². The van der Waals surface area contributed by atoms with Crippen molar-refractivity contribution in [1.29, 1.82) is 0 Å². The summed E-state index contributed by atoms with van der Waals surface area (Å²) in [5, 5.41) is 11.6. The highest BCUT2D eigenvalue weighted by atomic mass is 16.5. The summed E-state index contributed by atoms with van der Waals surface area (Å²) >= 11 is 0. The number of ether oxygens (including phenoxy) is 3. The van der Waals surface area contributed by atoms with Gasteiger partial charge in [-0.1, -0.05) is 36.6 Å². The average molecular weight is 538 g/mol. The molecule has 1 aromatic heterocycles. The maximum absolute atomic E-state index is 14.1. The number of benzene rings is 2. The van der Waals surface area contributed by atoms with E-state index in [4.69, 9.17) is 14.2 Å². The van der Waals surface area contributed by atoms with Crippen LogP contribution in [0, 0.1) is 0 Å². The molecule has 0 saturated heterocycles. The van der Waals surface area contributed by atoms with E-state index >= 15 is 0 Å². The number of rotatable bonds is 13. The minimum atomic E-state index is -0.930. The number of nitrogens with zero attached hydrogens (tertiary/aromatic N) is 4. The van der Waals surface area contributed by atoms with Crippen LogP contribution >= 0.6 is 0 Å². The third-order valence-corrected chi connectivity index (χ3v) is 7.16. The van der Waals surface area contributed by atoms with E-state index in [-0.39, 0.29) is 24.4 Å². The van der Waals surface area contributed by atoms with Crippen molar-refractivity contribution < 1.29 is 23.8 Å². The number of amides is 2. The Kier molecular flexibility index (Phi) is 10.1. The lowest BCUT2D eigenvalue weighted by Crippen LogP contribution is -2.48. The zero-order valence-electron chi connectivity index (χ0n) is 23.1. The number of carbonyl (C=O) groups excluding carboxylic acids is 2. The SMILES string of the molecule is CCOCCCN(C(=O)Cn1nnc2ccccc21)[C@H](C(=O)NC1CCCCC1)c1cc(OC)ccc1OC. The van der Waals surface area contributed by atoms with Gasteiger partial charge in [-0.3, -0.25) is 9.59 Å². The molecular formula is C29H39N5O5. The lowest BCUT2D eigenvalue weighted by molar-refractivity contribution is -0.142. The molecule has 1 fully saturated rings. The van der Waals surface area contributed by atoms with Gasteiger partial charge in [0.1, 0.15) is 29.6 Å². The van der Waals surface area contributed by atoms with Gasteiger partial charge in [0.15, 0.2) is 0 Å². The van der Waals surface area contributed by atoms with Gasteiger partial charge in [-0.25, -0.2) is 4.68 Å².